The van der Waals surface area contributed by atoms with Gasteiger partial charge in [-0.05, 0) is 37.5 Å². The van der Waals surface area contributed by atoms with Crippen LogP contribution in [0, 0.1) is 17.3 Å². The fourth-order valence-electron chi connectivity index (χ4n) is 3.47. The van der Waals surface area contributed by atoms with E-state index in [4.69, 9.17) is 4.74 Å². The zero-order valence-electron chi connectivity index (χ0n) is 8.51. The van der Waals surface area contributed by atoms with Gasteiger partial charge in [0.25, 0.3) is 0 Å². The van der Waals surface area contributed by atoms with Gasteiger partial charge in [-0.1, -0.05) is 13.3 Å². The predicted molar refractivity (Wildman–Crippen MR) is 50.2 cm³/mol. The van der Waals surface area contributed by atoms with E-state index in [2.05, 4.69) is 6.92 Å². The highest BCUT2D eigenvalue weighted by atomic mass is 16.5. The maximum atomic E-state index is 11.7. The van der Waals surface area contributed by atoms with E-state index in [0.717, 1.165) is 18.8 Å². The van der Waals surface area contributed by atoms with Crippen LogP contribution in [0.25, 0.3) is 0 Å². The number of hydrogen-bond acceptors (Lipinski definition) is 2. The summed E-state index contributed by atoms with van der Waals surface area (Å²) in [6.45, 7) is 2.12. The second kappa shape index (κ2) is 3.00. The molecule has 0 aromatic heterocycles. The highest BCUT2D eigenvalue weighted by Crippen LogP contribution is 2.57. The molecule has 0 spiro atoms. The van der Waals surface area contributed by atoms with Gasteiger partial charge in [-0.3, -0.25) is 4.79 Å². The fraction of sp³-hybridized carbons (Fsp3) is 0.909. The maximum absolute atomic E-state index is 11.7. The lowest BCUT2D eigenvalue weighted by Crippen LogP contribution is -2.36. The van der Waals surface area contributed by atoms with Crippen molar-refractivity contribution in [1.29, 1.82) is 0 Å². The zero-order valence-corrected chi connectivity index (χ0v) is 8.51. The standard InChI is InChI=1S/C11H18O2/c1-3-11(10(12)13-2)7-8-4-5-9(11)6-8/h8-9H,3-7H2,1-2H3. The summed E-state index contributed by atoms with van der Waals surface area (Å²) in [6.07, 6.45) is 5.89. The van der Waals surface area contributed by atoms with Crippen LogP contribution in [0.4, 0.5) is 0 Å². The van der Waals surface area contributed by atoms with Crippen molar-refractivity contribution in [2.75, 3.05) is 7.11 Å². The molecule has 2 aliphatic rings. The van der Waals surface area contributed by atoms with Crippen molar-refractivity contribution in [2.24, 2.45) is 17.3 Å². The highest BCUT2D eigenvalue weighted by molar-refractivity contribution is 5.77. The number of carbonyl (C=O) groups is 1. The summed E-state index contributed by atoms with van der Waals surface area (Å²) in [5.74, 6) is 1.47. The van der Waals surface area contributed by atoms with Crippen LogP contribution in [0.1, 0.15) is 39.0 Å². The second-order valence-electron chi connectivity index (χ2n) is 4.58. The number of rotatable bonds is 2. The Labute approximate surface area is 79.7 Å². The predicted octanol–water partition coefficient (Wildman–Crippen LogP) is 2.38. The van der Waals surface area contributed by atoms with Crippen LogP contribution in [0.3, 0.4) is 0 Å². The molecule has 2 aliphatic carbocycles. The summed E-state index contributed by atoms with van der Waals surface area (Å²) in [7, 11) is 1.52. The van der Waals surface area contributed by atoms with Crippen molar-refractivity contribution < 1.29 is 9.53 Å². The quantitative estimate of drug-likeness (QED) is 0.613. The van der Waals surface area contributed by atoms with Gasteiger partial charge in [0.2, 0.25) is 0 Å². The highest BCUT2D eigenvalue weighted by Gasteiger charge is 2.54. The van der Waals surface area contributed by atoms with E-state index in [1.807, 2.05) is 0 Å². The lowest BCUT2D eigenvalue weighted by Gasteiger charge is -2.33. The minimum absolute atomic E-state index is 0.0437. The van der Waals surface area contributed by atoms with Crippen molar-refractivity contribution in [1.82, 2.24) is 0 Å². The molecule has 0 amide bonds. The minimum Gasteiger partial charge on any atom is -0.469 e. The van der Waals surface area contributed by atoms with Crippen LogP contribution in [0.2, 0.25) is 0 Å². The molecular formula is C11H18O2. The van der Waals surface area contributed by atoms with Gasteiger partial charge in [0.15, 0.2) is 0 Å². The number of methoxy groups -OCH3 is 1. The Morgan fingerprint density at radius 1 is 1.54 bits per heavy atom. The summed E-state index contributed by atoms with van der Waals surface area (Å²) in [6, 6.07) is 0. The molecule has 2 rings (SSSR count). The van der Waals surface area contributed by atoms with Crippen molar-refractivity contribution in [2.45, 2.75) is 39.0 Å². The van der Waals surface area contributed by atoms with E-state index in [1.165, 1.54) is 26.4 Å². The minimum atomic E-state index is -0.0995. The molecule has 3 atom stereocenters. The van der Waals surface area contributed by atoms with Crippen molar-refractivity contribution in [3.63, 3.8) is 0 Å². The van der Waals surface area contributed by atoms with Crippen LogP contribution >= 0.6 is 0 Å². The maximum Gasteiger partial charge on any atom is 0.312 e. The van der Waals surface area contributed by atoms with E-state index >= 15 is 0 Å². The van der Waals surface area contributed by atoms with E-state index in [9.17, 15) is 4.79 Å². The lowest BCUT2D eigenvalue weighted by molar-refractivity contribution is -0.156. The first-order valence-electron chi connectivity index (χ1n) is 5.31. The van der Waals surface area contributed by atoms with Crippen LogP contribution in [0.15, 0.2) is 0 Å². The third-order valence-electron chi connectivity index (χ3n) is 4.20. The summed E-state index contributed by atoms with van der Waals surface area (Å²) in [4.78, 5) is 11.7. The van der Waals surface area contributed by atoms with Gasteiger partial charge in [-0.2, -0.15) is 0 Å². The Kier molecular flexibility index (Phi) is 2.09. The van der Waals surface area contributed by atoms with E-state index in [-0.39, 0.29) is 11.4 Å². The molecule has 2 nitrogen and oxygen atoms in total. The Balaban J connectivity index is 2.21. The second-order valence-corrected chi connectivity index (χ2v) is 4.58. The largest absolute Gasteiger partial charge is 0.469 e. The molecule has 0 N–H and O–H groups in total. The molecule has 0 heterocycles. The van der Waals surface area contributed by atoms with E-state index in [1.54, 1.807) is 0 Å². The average Bonchev–Trinajstić information content (AvgIpc) is 2.75. The zero-order chi connectivity index (χ0) is 9.47. The van der Waals surface area contributed by atoms with Gasteiger partial charge in [0, 0.05) is 0 Å². The average molecular weight is 182 g/mol. The summed E-state index contributed by atoms with van der Waals surface area (Å²) < 4.78 is 4.94. The molecule has 2 fully saturated rings. The normalized spacial score (nSPS) is 42.3. The first-order valence-corrected chi connectivity index (χ1v) is 5.31. The third kappa shape index (κ3) is 1.11. The van der Waals surface area contributed by atoms with Gasteiger partial charge in [-0.15, -0.1) is 0 Å². The van der Waals surface area contributed by atoms with Crippen LogP contribution in [0.5, 0.6) is 0 Å². The first-order chi connectivity index (χ1) is 6.23. The monoisotopic (exact) mass is 182 g/mol. The molecule has 0 aromatic rings. The topological polar surface area (TPSA) is 26.3 Å². The lowest BCUT2D eigenvalue weighted by atomic mass is 9.71. The molecule has 13 heavy (non-hydrogen) atoms. The first kappa shape index (κ1) is 9.04. The smallest absolute Gasteiger partial charge is 0.312 e. The number of carbonyl (C=O) groups excluding carboxylic acids is 1. The van der Waals surface area contributed by atoms with Crippen LogP contribution < -0.4 is 0 Å². The Morgan fingerprint density at radius 2 is 2.31 bits per heavy atom. The fourth-order valence-corrected chi connectivity index (χ4v) is 3.47. The molecule has 0 aromatic carbocycles. The van der Waals surface area contributed by atoms with Crippen LogP contribution in [-0.4, -0.2) is 13.1 Å². The molecule has 3 unspecified atom stereocenters. The molecule has 2 heteroatoms. The molecule has 0 radical (unpaired) electrons. The third-order valence-corrected chi connectivity index (χ3v) is 4.20. The Hall–Kier alpha value is -0.530. The summed E-state index contributed by atoms with van der Waals surface area (Å²) >= 11 is 0. The van der Waals surface area contributed by atoms with Crippen LogP contribution in [-0.2, 0) is 9.53 Å². The molecular weight excluding hydrogens is 164 g/mol. The van der Waals surface area contributed by atoms with Crippen molar-refractivity contribution >= 4 is 5.97 Å². The van der Waals surface area contributed by atoms with Crippen molar-refractivity contribution in [3.8, 4) is 0 Å². The van der Waals surface area contributed by atoms with Gasteiger partial charge in [-0.25, -0.2) is 0 Å². The van der Waals surface area contributed by atoms with E-state index < -0.39 is 0 Å². The number of esters is 1. The van der Waals surface area contributed by atoms with Gasteiger partial charge >= 0.3 is 5.97 Å². The molecule has 2 bridgehead atoms. The molecule has 74 valence electrons. The number of ether oxygens (including phenoxy) is 1. The van der Waals surface area contributed by atoms with Gasteiger partial charge in [0.05, 0.1) is 12.5 Å². The Bertz CT molecular complexity index is 224. The van der Waals surface area contributed by atoms with Crippen molar-refractivity contribution in [3.05, 3.63) is 0 Å². The summed E-state index contributed by atoms with van der Waals surface area (Å²) in [5, 5.41) is 0. The van der Waals surface area contributed by atoms with E-state index in [0.29, 0.717) is 5.92 Å². The summed E-state index contributed by atoms with van der Waals surface area (Å²) in [5.41, 5.74) is -0.0995. The molecule has 0 saturated heterocycles. The SMILES string of the molecule is CCC1(C(=O)OC)CC2CCC1C2. The molecule has 2 saturated carbocycles. The van der Waals surface area contributed by atoms with Gasteiger partial charge in [0.1, 0.15) is 0 Å². The van der Waals surface area contributed by atoms with Gasteiger partial charge < -0.3 is 4.74 Å². The Morgan fingerprint density at radius 3 is 2.69 bits per heavy atom. The number of hydrogen-bond donors (Lipinski definition) is 0. The number of fused-ring (bicyclic) bond motifs is 2. The molecule has 0 aliphatic heterocycles.